The number of nitrogens with zero attached hydrogens (tertiary/aromatic N) is 6. The van der Waals surface area contributed by atoms with E-state index in [-0.39, 0.29) is 0 Å². The Morgan fingerprint density at radius 1 is 1.22 bits per heavy atom. The Morgan fingerprint density at radius 3 is 3.04 bits per heavy atom. The summed E-state index contributed by atoms with van der Waals surface area (Å²) in [5, 5.41) is 5.77. The van der Waals surface area contributed by atoms with Gasteiger partial charge in [0.1, 0.15) is 6.33 Å². The minimum absolute atomic E-state index is 0.458. The highest BCUT2D eigenvalue weighted by atomic mass is 15.3. The van der Waals surface area contributed by atoms with Crippen molar-refractivity contribution in [3.05, 3.63) is 59.8 Å². The van der Waals surface area contributed by atoms with E-state index in [1.54, 1.807) is 6.33 Å². The molecule has 4 heterocycles. The van der Waals surface area contributed by atoms with Crippen LogP contribution in [0.5, 0.6) is 0 Å². The number of fused-ring (bicyclic) bond motifs is 2. The average molecular weight is 360 g/mol. The number of likely N-dealkylation sites (tertiary alicyclic amines) is 1. The van der Waals surface area contributed by atoms with Gasteiger partial charge in [-0.05, 0) is 44.0 Å². The molecule has 0 saturated carbocycles. The maximum absolute atomic E-state index is 4.49. The fourth-order valence-electron chi connectivity index (χ4n) is 4.48. The van der Waals surface area contributed by atoms with Crippen LogP contribution in [0.4, 0.5) is 0 Å². The molecular weight excluding hydrogens is 336 g/mol. The summed E-state index contributed by atoms with van der Waals surface area (Å²) in [4.78, 5) is 11.3. The summed E-state index contributed by atoms with van der Waals surface area (Å²) < 4.78 is 4.15. The van der Waals surface area contributed by atoms with E-state index in [4.69, 9.17) is 0 Å². The lowest BCUT2D eigenvalue weighted by molar-refractivity contribution is 0.198. The zero-order valence-electron chi connectivity index (χ0n) is 15.8. The van der Waals surface area contributed by atoms with E-state index in [9.17, 15) is 0 Å². The summed E-state index contributed by atoms with van der Waals surface area (Å²) in [5.41, 5.74) is 4.95. The van der Waals surface area contributed by atoms with Gasteiger partial charge in [0.15, 0.2) is 0 Å². The van der Waals surface area contributed by atoms with E-state index in [2.05, 4.69) is 68.1 Å². The molecule has 27 heavy (non-hydrogen) atoms. The molecule has 4 aromatic rings. The van der Waals surface area contributed by atoms with Gasteiger partial charge >= 0.3 is 0 Å². The predicted molar refractivity (Wildman–Crippen MR) is 106 cm³/mol. The summed E-state index contributed by atoms with van der Waals surface area (Å²) in [6.07, 6.45) is 6.26. The fourth-order valence-corrected chi connectivity index (χ4v) is 4.48. The minimum atomic E-state index is 0.458. The SMILES string of the molecule is Cc1cc(C2CCCN(Cc3cn(C)c4ccccc34)C2)n2ncnc2n1. The van der Waals surface area contributed by atoms with Gasteiger partial charge in [-0.15, -0.1) is 0 Å². The summed E-state index contributed by atoms with van der Waals surface area (Å²) >= 11 is 0. The largest absolute Gasteiger partial charge is 0.350 e. The van der Waals surface area contributed by atoms with E-state index >= 15 is 0 Å². The van der Waals surface area contributed by atoms with Gasteiger partial charge in [-0.2, -0.15) is 10.1 Å². The van der Waals surface area contributed by atoms with Gasteiger partial charge in [0.2, 0.25) is 0 Å². The number of aromatic nitrogens is 5. The molecule has 1 fully saturated rings. The Balaban J connectivity index is 1.43. The lowest BCUT2D eigenvalue weighted by Gasteiger charge is -2.32. The van der Waals surface area contributed by atoms with Crippen LogP contribution in [0.1, 0.15) is 35.7 Å². The number of aryl methyl sites for hydroxylation is 2. The number of para-hydroxylation sites is 1. The Bertz CT molecular complexity index is 1110. The topological polar surface area (TPSA) is 51.2 Å². The smallest absolute Gasteiger partial charge is 0.252 e. The molecule has 138 valence electrons. The van der Waals surface area contributed by atoms with Gasteiger partial charge in [0.25, 0.3) is 5.78 Å². The maximum atomic E-state index is 4.49. The summed E-state index contributed by atoms with van der Waals surface area (Å²) in [6.45, 7) is 5.21. The summed E-state index contributed by atoms with van der Waals surface area (Å²) in [6, 6.07) is 10.8. The first-order valence-corrected chi connectivity index (χ1v) is 9.61. The zero-order chi connectivity index (χ0) is 18.4. The average Bonchev–Trinajstić information content (AvgIpc) is 3.26. The van der Waals surface area contributed by atoms with E-state index in [1.165, 1.54) is 35.0 Å². The molecule has 1 saturated heterocycles. The van der Waals surface area contributed by atoms with Crippen LogP contribution in [0, 0.1) is 6.92 Å². The standard InChI is InChI=1S/C21H24N6/c1-15-10-20(27-21(24-15)22-14-23-27)16-6-5-9-26(12-16)13-17-11-25(2)19-8-4-3-7-18(17)19/h3-4,7-8,10-11,14,16H,5-6,9,12-13H2,1-2H3. The van der Waals surface area contributed by atoms with Gasteiger partial charge in [-0.1, -0.05) is 18.2 Å². The lowest BCUT2D eigenvalue weighted by Crippen LogP contribution is -2.34. The molecule has 0 aliphatic carbocycles. The van der Waals surface area contributed by atoms with Crippen molar-refractivity contribution in [2.75, 3.05) is 13.1 Å². The van der Waals surface area contributed by atoms with Crippen molar-refractivity contribution in [1.29, 1.82) is 0 Å². The molecule has 1 aliphatic heterocycles. The molecule has 5 rings (SSSR count). The molecule has 3 aromatic heterocycles. The zero-order valence-corrected chi connectivity index (χ0v) is 15.8. The lowest BCUT2D eigenvalue weighted by atomic mass is 9.93. The Morgan fingerprint density at radius 2 is 2.11 bits per heavy atom. The van der Waals surface area contributed by atoms with E-state index < -0.39 is 0 Å². The quantitative estimate of drug-likeness (QED) is 0.562. The van der Waals surface area contributed by atoms with Gasteiger partial charge < -0.3 is 4.57 Å². The Kier molecular flexibility index (Phi) is 3.93. The second kappa shape index (κ2) is 6.46. The van der Waals surface area contributed by atoms with Gasteiger partial charge in [0, 0.05) is 48.8 Å². The first-order chi connectivity index (χ1) is 13.2. The molecular formula is C21H24N6. The number of rotatable bonds is 3. The van der Waals surface area contributed by atoms with Gasteiger partial charge in [-0.25, -0.2) is 9.50 Å². The molecule has 0 N–H and O–H groups in total. The molecule has 1 unspecified atom stereocenters. The molecule has 0 radical (unpaired) electrons. The summed E-state index contributed by atoms with van der Waals surface area (Å²) in [5.74, 6) is 1.16. The van der Waals surface area contributed by atoms with Gasteiger partial charge in [0.05, 0.1) is 5.69 Å². The molecule has 0 spiro atoms. The first-order valence-electron chi connectivity index (χ1n) is 9.61. The van der Waals surface area contributed by atoms with Crippen LogP contribution in [-0.4, -0.2) is 42.1 Å². The highest BCUT2D eigenvalue weighted by Gasteiger charge is 2.25. The summed E-state index contributed by atoms with van der Waals surface area (Å²) in [7, 11) is 2.13. The van der Waals surface area contributed by atoms with E-state index in [1.807, 2.05) is 11.4 Å². The van der Waals surface area contributed by atoms with Crippen LogP contribution in [0.25, 0.3) is 16.7 Å². The van der Waals surface area contributed by atoms with Crippen LogP contribution >= 0.6 is 0 Å². The second-order valence-electron chi connectivity index (χ2n) is 7.65. The van der Waals surface area contributed by atoms with Crippen molar-refractivity contribution in [3.8, 4) is 0 Å². The van der Waals surface area contributed by atoms with Crippen molar-refractivity contribution < 1.29 is 0 Å². The van der Waals surface area contributed by atoms with Crippen molar-refractivity contribution in [1.82, 2.24) is 29.0 Å². The fraction of sp³-hybridized carbons (Fsp3) is 0.381. The maximum Gasteiger partial charge on any atom is 0.252 e. The Labute approximate surface area is 158 Å². The predicted octanol–water partition coefficient (Wildman–Crippen LogP) is 3.30. The molecule has 1 aliphatic rings. The van der Waals surface area contributed by atoms with Crippen LogP contribution in [0.3, 0.4) is 0 Å². The molecule has 6 heteroatoms. The van der Waals surface area contributed by atoms with E-state index in [0.29, 0.717) is 11.7 Å². The number of piperidine rings is 1. The third-order valence-electron chi connectivity index (χ3n) is 5.70. The van der Waals surface area contributed by atoms with Crippen molar-refractivity contribution in [2.24, 2.45) is 7.05 Å². The highest BCUT2D eigenvalue weighted by Crippen LogP contribution is 2.29. The van der Waals surface area contributed by atoms with Crippen LogP contribution in [0.15, 0.2) is 42.9 Å². The number of benzene rings is 1. The molecule has 6 nitrogen and oxygen atoms in total. The second-order valence-corrected chi connectivity index (χ2v) is 7.65. The third-order valence-corrected chi connectivity index (χ3v) is 5.70. The molecule has 0 amide bonds. The molecule has 1 aromatic carbocycles. The third kappa shape index (κ3) is 2.90. The van der Waals surface area contributed by atoms with E-state index in [0.717, 1.165) is 25.3 Å². The number of hydrogen-bond acceptors (Lipinski definition) is 4. The van der Waals surface area contributed by atoms with Crippen molar-refractivity contribution >= 4 is 16.7 Å². The van der Waals surface area contributed by atoms with Crippen molar-refractivity contribution in [2.45, 2.75) is 32.2 Å². The van der Waals surface area contributed by atoms with Gasteiger partial charge in [-0.3, -0.25) is 4.90 Å². The van der Waals surface area contributed by atoms with Crippen LogP contribution in [0.2, 0.25) is 0 Å². The first kappa shape index (κ1) is 16.4. The normalized spacial score (nSPS) is 18.5. The minimum Gasteiger partial charge on any atom is -0.350 e. The monoisotopic (exact) mass is 360 g/mol. The van der Waals surface area contributed by atoms with Crippen LogP contribution in [-0.2, 0) is 13.6 Å². The van der Waals surface area contributed by atoms with Crippen molar-refractivity contribution in [3.63, 3.8) is 0 Å². The molecule has 0 bridgehead atoms. The molecule has 1 atom stereocenters. The number of hydrogen-bond donors (Lipinski definition) is 0. The van der Waals surface area contributed by atoms with Crippen LogP contribution < -0.4 is 0 Å². The highest BCUT2D eigenvalue weighted by molar-refractivity contribution is 5.83. The Hall–Kier alpha value is -2.73.